The van der Waals surface area contributed by atoms with Crippen LogP contribution in [0.15, 0.2) is 4.99 Å². The van der Waals surface area contributed by atoms with Crippen LogP contribution in [0.5, 0.6) is 0 Å². The summed E-state index contributed by atoms with van der Waals surface area (Å²) >= 11 is 0. The van der Waals surface area contributed by atoms with Gasteiger partial charge in [-0.3, -0.25) is 0 Å². The molecule has 0 saturated carbocycles. The first-order valence-electron chi connectivity index (χ1n) is 7.34. The molecular weight excluding hydrogens is 278 g/mol. The fourth-order valence-corrected chi connectivity index (χ4v) is 5.26. The Bertz CT molecular complexity index is 487. The molecule has 2 aliphatic rings. The number of rotatable bonds is 3. The zero-order chi connectivity index (χ0) is 14.8. The van der Waals surface area contributed by atoms with E-state index >= 15 is 0 Å². The molecule has 6 nitrogen and oxygen atoms in total. The van der Waals surface area contributed by atoms with Crippen molar-refractivity contribution in [3.8, 4) is 0 Å². The van der Waals surface area contributed by atoms with Gasteiger partial charge in [0.05, 0.1) is 0 Å². The van der Waals surface area contributed by atoms with Gasteiger partial charge in [-0.25, -0.2) is 4.79 Å². The Hall–Kier alpha value is -0.750. The third kappa shape index (κ3) is 2.96. The summed E-state index contributed by atoms with van der Waals surface area (Å²) in [5.41, 5.74) is 0. The predicted molar refractivity (Wildman–Crippen MR) is 76.0 cm³/mol. The minimum atomic E-state index is -3.54. The van der Waals surface area contributed by atoms with Crippen molar-refractivity contribution in [1.82, 2.24) is 8.61 Å². The highest BCUT2D eigenvalue weighted by Crippen LogP contribution is 2.30. The van der Waals surface area contributed by atoms with E-state index in [4.69, 9.17) is 0 Å². The second-order valence-electron chi connectivity index (χ2n) is 5.83. The molecule has 3 atom stereocenters. The largest absolute Gasteiger partial charge is 0.284 e. The molecular formula is C13H23N3O3S. The van der Waals surface area contributed by atoms with Crippen LogP contribution in [0.4, 0.5) is 0 Å². The quantitative estimate of drug-likeness (QED) is 0.586. The lowest BCUT2D eigenvalue weighted by Crippen LogP contribution is -2.55. The van der Waals surface area contributed by atoms with E-state index < -0.39 is 16.4 Å². The fraction of sp³-hybridized carbons (Fsp3) is 0.923. The van der Waals surface area contributed by atoms with Crippen molar-refractivity contribution in [2.75, 3.05) is 13.1 Å². The molecule has 0 aromatic heterocycles. The number of isocyanates is 1. The zero-order valence-electron chi connectivity index (χ0n) is 12.2. The lowest BCUT2D eigenvalue weighted by Gasteiger charge is -2.41. The molecule has 0 aromatic rings. The summed E-state index contributed by atoms with van der Waals surface area (Å²) in [4.78, 5) is 14.4. The molecule has 0 radical (unpaired) electrons. The van der Waals surface area contributed by atoms with Crippen molar-refractivity contribution in [1.29, 1.82) is 0 Å². The maximum Gasteiger partial charge on any atom is 0.284 e. The third-order valence-corrected chi connectivity index (χ3v) is 6.49. The van der Waals surface area contributed by atoms with Crippen molar-refractivity contribution in [2.45, 2.75) is 58.2 Å². The Morgan fingerprint density at radius 2 is 1.75 bits per heavy atom. The second kappa shape index (κ2) is 6.35. The fourth-order valence-electron chi connectivity index (χ4n) is 3.18. The van der Waals surface area contributed by atoms with Crippen LogP contribution >= 0.6 is 0 Å². The van der Waals surface area contributed by atoms with Crippen LogP contribution in [0.2, 0.25) is 0 Å². The Balaban J connectivity index is 2.28. The SMILES string of the molecule is CC1CCCN(S(=O)(=O)N2CCCCC2C)C1N=C=O. The van der Waals surface area contributed by atoms with Crippen molar-refractivity contribution in [3.63, 3.8) is 0 Å². The van der Waals surface area contributed by atoms with E-state index in [1.54, 1.807) is 4.31 Å². The Morgan fingerprint density at radius 3 is 2.40 bits per heavy atom. The first-order chi connectivity index (χ1) is 9.48. The summed E-state index contributed by atoms with van der Waals surface area (Å²) in [6.45, 7) is 4.88. The molecule has 3 unspecified atom stereocenters. The maximum atomic E-state index is 12.8. The van der Waals surface area contributed by atoms with Crippen LogP contribution in [0.1, 0.15) is 46.0 Å². The molecule has 2 fully saturated rings. The first kappa shape index (κ1) is 15.6. The summed E-state index contributed by atoms with van der Waals surface area (Å²) in [5, 5.41) is 0. The van der Waals surface area contributed by atoms with Crippen LogP contribution in [0.25, 0.3) is 0 Å². The minimum absolute atomic E-state index is 0.0202. The molecule has 20 heavy (non-hydrogen) atoms. The number of aliphatic imine (C=N–C) groups is 1. The predicted octanol–water partition coefficient (Wildman–Crippen LogP) is 1.50. The standard InChI is InChI=1S/C13H23N3O3S/c1-11-6-5-9-16(13(11)14-10-17)20(18,19)15-8-4-3-7-12(15)2/h11-13H,3-9H2,1-2H3. The van der Waals surface area contributed by atoms with Crippen LogP contribution in [-0.2, 0) is 15.0 Å². The van der Waals surface area contributed by atoms with E-state index in [1.165, 1.54) is 10.4 Å². The molecule has 0 aliphatic carbocycles. The summed E-state index contributed by atoms with van der Waals surface area (Å²) in [7, 11) is -3.54. The van der Waals surface area contributed by atoms with Gasteiger partial charge in [0.25, 0.3) is 10.2 Å². The molecule has 0 N–H and O–H groups in total. The number of carbonyl (C=O) groups excluding carboxylic acids is 1. The van der Waals surface area contributed by atoms with Gasteiger partial charge in [0.15, 0.2) is 0 Å². The van der Waals surface area contributed by atoms with E-state index in [0.29, 0.717) is 13.1 Å². The van der Waals surface area contributed by atoms with Crippen LogP contribution < -0.4 is 0 Å². The van der Waals surface area contributed by atoms with Gasteiger partial charge in [0.1, 0.15) is 6.17 Å². The third-order valence-electron chi connectivity index (χ3n) is 4.36. The molecule has 114 valence electrons. The van der Waals surface area contributed by atoms with Crippen molar-refractivity contribution < 1.29 is 13.2 Å². The van der Waals surface area contributed by atoms with Crippen LogP contribution in [0, 0.1) is 5.92 Å². The topological polar surface area (TPSA) is 70.1 Å². The maximum absolute atomic E-state index is 12.8. The molecule has 2 aliphatic heterocycles. The average molecular weight is 301 g/mol. The Labute approximate surface area is 121 Å². The van der Waals surface area contributed by atoms with Crippen LogP contribution in [0.3, 0.4) is 0 Å². The van der Waals surface area contributed by atoms with Gasteiger partial charge in [-0.05, 0) is 38.5 Å². The molecule has 7 heteroatoms. The van der Waals surface area contributed by atoms with Crippen molar-refractivity contribution >= 4 is 16.3 Å². The molecule has 0 amide bonds. The Morgan fingerprint density at radius 1 is 1.05 bits per heavy atom. The molecule has 2 saturated heterocycles. The van der Waals surface area contributed by atoms with E-state index in [-0.39, 0.29) is 12.0 Å². The lowest BCUT2D eigenvalue weighted by molar-refractivity contribution is 0.167. The average Bonchev–Trinajstić information content (AvgIpc) is 2.41. The van der Waals surface area contributed by atoms with Gasteiger partial charge < -0.3 is 0 Å². The molecule has 0 bridgehead atoms. The molecule has 0 spiro atoms. The molecule has 2 rings (SSSR count). The van der Waals surface area contributed by atoms with Gasteiger partial charge in [0.2, 0.25) is 6.08 Å². The molecule has 0 aromatic carbocycles. The van der Waals surface area contributed by atoms with Gasteiger partial charge in [-0.15, -0.1) is 0 Å². The minimum Gasteiger partial charge on any atom is -0.211 e. The highest BCUT2D eigenvalue weighted by atomic mass is 32.2. The monoisotopic (exact) mass is 301 g/mol. The zero-order valence-corrected chi connectivity index (χ0v) is 13.0. The normalized spacial score (nSPS) is 33.6. The van der Waals surface area contributed by atoms with Gasteiger partial charge >= 0.3 is 0 Å². The first-order valence-corrected chi connectivity index (χ1v) is 8.73. The number of hydrogen-bond acceptors (Lipinski definition) is 4. The van der Waals surface area contributed by atoms with E-state index in [1.807, 2.05) is 13.8 Å². The van der Waals surface area contributed by atoms with Crippen molar-refractivity contribution in [2.24, 2.45) is 10.9 Å². The highest BCUT2D eigenvalue weighted by Gasteiger charge is 2.41. The Kier molecular flexibility index (Phi) is 4.96. The van der Waals surface area contributed by atoms with E-state index in [9.17, 15) is 13.2 Å². The smallest absolute Gasteiger partial charge is 0.211 e. The summed E-state index contributed by atoms with van der Waals surface area (Å²) in [6, 6.07) is 0.0202. The number of hydrogen-bond donors (Lipinski definition) is 0. The van der Waals surface area contributed by atoms with Gasteiger partial charge in [0, 0.05) is 19.1 Å². The van der Waals surface area contributed by atoms with Crippen molar-refractivity contribution in [3.05, 3.63) is 0 Å². The molecule has 2 heterocycles. The summed E-state index contributed by atoms with van der Waals surface area (Å²) < 4.78 is 28.7. The second-order valence-corrected chi connectivity index (χ2v) is 7.66. The highest BCUT2D eigenvalue weighted by molar-refractivity contribution is 7.86. The van der Waals surface area contributed by atoms with E-state index in [0.717, 1.165) is 32.1 Å². The number of nitrogens with zero attached hydrogens (tertiary/aromatic N) is 3. The van der Waals surface area contributed by atoms with Gasteiger partial charge in [-0.1, -0.05) is 13.3 Å². The van der Waals surface area contributed by atoms with Crippen LogP contribution in [-0.4, -0.2) is 48.4 Å². The lowest BCUT2D eigenvalue weighted by atomic mass is 9.98. The van der Waals surface area contributed by atoms with E-state index in [2.05, 4.69) is 4.99 Å². The summed E-state index contributed by atoms with van der Waals surface area (Å²) in [6.07, 6.45) is 5.50. The van der Waals surface area contributed by atoms with Gasteiger partial charge in [-0.2, -0.15) is 22.0 Å². The number of piperidine rings is 2. The summed E-state index contributed by atoms with van der Waals surface area (Å²) in [5.74, 6) is 0.0556.